The first-order chi connectivity index (χ1) is 8.61. The summed E-state index contributed by atoms with van der Waals surface area (Å²) in [6, 6.07) is 5.72. The number of nitrogens with two attached hydrogens (primary N) is 1. The van der Waals surface area contributed by atoms with E-state index < -0.39 is 0 Å². The number of halogens is 2. The number of rotatable bonds is 4. The molecule has 1 heterocycles. The highest BCUT2D eigenvalue weighted by atomic mass is 35.5. The maximum absolute atomic E-state index is 6.21. The van der Waals surface area contributed by atoms with Crippen LogP contribution in [0.1, 0.15) is 24.1 Å². The van der Waals surface area contributed by atoms with Crippen molar-refractivity contribution in [2.24, 2.45) is 5.73 Å². The van der Waals surface area contributed by atoms with Crippen LogP contribution in [-0.2, 0) is 6.42 Å². The maximum atomic E-state index is 6.21. The molecule has 0 atom stereocenters. The lowest BCUT2D eigenvalue weighted by molar-refractivity contribution is 0.734. The lowest BCUT2D eigenvalue weighted by Crippen LogP contribution is -2.00. The summed E-state index contributed by atoms with van der Waals surface area (Å²) >= 11 is 12.2. The van der Waals surface area contributed by atoms with Gasteiger partial charge in [0.25, 0.3) is 0 Å². The van der Waals surface area contributed by atoms with Crippen molar-refractivity contribution in [1.82, 2.24) is 4.98 Å². The SMILES string of the molecule is Cc1cc(CCCCN)nc2cc(Cl)cc(Cl)c12. The maximum Gasteiger partial charge on any atom is 0.0737 e. The molecule has 2 rings (SSSR count). The molecule has 0 aliphatic carbocycles. The Bertz CT molecular complexity index is 567. The molecule has 18 heavy (non-hydrogen) atoms. The highest BCUT2D eigenvalue weighted by molar-refractivity contribution is 6.38. The van der Waals surface area contributed by atoms with Gasteiger partial charge in [-0.3, -0.25) is 4.98 Å². The second-order valence-corrected chi connectivity index (χ2v) is 5.30. The summed E-state index contributed by atoms with van der Waals surface area (Å²) in [6.07, 6.45) is 3.02. The van der Waals surface area contributed by atoms with Crippen molar-refractivity contribution in [3.8, 4) is 0 Å². The van der Waals surface area contributed by atoms with Gasteiger partial charge in [-0.25, -0.2) is 0 Å². The summed E-state index contributed by atoms with van der Waals surface area (Å²) in [4.78, 5) is 4.62. The van der Waals surface area contributed by atoms with Crippen LogP contribution in [0.2, 0.25) is 10.0 Å². The van der Waals surface area contributed by atoms with Crippen LogP contribution in [-0.4, -0.2) is 11.5 Å². The van der Waals surface area contributed by atoms with Crippen LogP contribution in [0.5, 0.6) is 0 Å². The zero-order valence-electron chi connectivity index (χ0n) is 10.3. The fourth-order valence-corrected chi connectivity index (χ4v) is 2.76. The number of aryl methyl sites for hydroxylation is 2. The van der Waals surface area contributed by atoms with Gasteiger partial charge in [-0.2, -0.15) is 0 Å². The molecule has 1 aromatic carbocycles. The largest absolute Gasteiger partial charge is 0.330 e. The van der Waals surface area contributed by atoms with Gasteiger partial charge in [0.15, 0.2) is 0 Å². The Kier molecular flexibility index (Phi) is 4.44. The molecule has 0 fully saturated rings. The zero-order chi connectivity index (χ0) is 13.1. The minimum absolute atomic E-state index is 0.624. The van der Waals surface area contributed by atoms with Gasteiger partial charge in [0, 0.05) is 16.1 Å². The Hall–Kier alpha value is -0.830. The fourth-order valence-electron chi connectivity index (χ4n) is 2.13. The first kappa shape index (κ1) is 13.6. The Morgan fingerprint density at radius 2 is 1.94 bits per heavy atom. The summed E-state index contributed by atoms with van der Waals surface area (Å²) in [7, 11) is 0. The molecule has 2 aromatic rings. The minimum atomic E-state index is 0.624. The number of hydrogen-bond acceptors (Lipinski definition) is 2. The standard InChI is InChI=1S/C14H16Cl2N2/c1-9-6-11(4-2-3-5-17)18-13-8-10(15)7-12(16)14(9)13/h6-8H,2-5,17H2,1H3. The first-order valence-corrected chi connectivity index (χ1v) is 6.82. The van der Waals surface area contributed by atoms with E-state index >= 15 is 0 Å². The lowest BCUT2D eigenvalue weighted by Gasteiger charge is -2.08. The van der Waals surface area contributed by atoms with Crippen molar-refractivity contribution in [2.75, 3.05) is 6.54 Å². The molecule has 0 amide bonds. The number of nitrogens with zero attached hydrogens (tertiary/aromatic N) is 1. The van der Waals surface area contributed by atoms with Crippen molar-refractivity contribution < 1.29 is 0 Å². The van der Waals surface area contributed by atoms with Crippen LogP contribution < -0.4 is 5.73 Å². The van der Waals surface area contributed by atoms with Crippen LogP contribution >= 0.6 is 23.2 Å². The van der Waals surface area contributed by atoms with Crippen LogP contribution in [0.3, 0.4) is 0 Å². The van der Waals surface area contributed by atoms with Crippen molar-refractivity contribution in [3.05, 3.63) is 39.5 Å². The molecular weight excluding hydrogens is 267 g/mol. The summed E-state index contributed by atoms with van der Waals surface area (Å²) in [6.45, 7) is 2.78. The van der Waals surface area contributed by atoms with E-state index in [9.17, 15) is 0 Å². The molecule has 2 N–H and O–H groups in total. The first-order valence-electron chi connectivity index (χ1n) is 6.07. The summed E-state index contributed by atoms with van der Waals surface area (Å²) < 4.78 is 0. The van der Waals surface area contributed by atoms with Crippen molar-refractivity contribution in [3.63, 3.8) is 0 Å². The van der Waals surface area contributed by atoms with E-state index in [4.69, 9.17) is 28.9 Å². The molecule has 2 nitrogen and oxygen atoms in total. The van der Waals surface area contributed by atoms with Crippen LogP contribution in [0.25, 0.3) is 10.9 Å². The average molecular weight is 283 g/mol. The van der Waals surface area contributed by atoms with Gasteiger partial charge >= 0.3 is 0 Å². The molecule has 0 spiro atoms. The van der Waals surface area contributed by atoms with Gasteiger partial charge in [-0.05, 0) is 56.5 Å². The van der Waals surface area contributed by atoms with Gasteiger partial charge in [0.2, 0.25) is 0 Å². The van der Waals surface area contributed by atoms with Crippen LogP contribution in [0, 0.1) is 6.92 Å². The minimum Gasteiger partial charge on any atom is -0.330 e. The number of hydrogen-bond donors (Lipinski definition) is 1. The normalized spacial score (nSPS) is 11.1. The molecule has 0 saturated heterocycles. The molecule has 0 radical (unpaired) electrons. The summed E-state index contributed by atoms with van der Waals surface area (Å²) in [5, 5.41) is 2.28. The summed E-state index contributed by atoms with van der Waals surface area (Å²) in [5.74, 6) is 0. The number of aromatic nitrogens is 1. The quantitative estimate of drug-likeness (QED) is 0.857. The average Bonchev–Trinajstić information content (AvgIpc) is 2.27. The Morgan fingerprint density at radius 1 is 1.17 bits per heavy atom. The van der Waals surface area contributed by atoms with E-state index in [1.165, 1.54) is 0 Å². The highest BCUT2D eigenvalue weighted by Crippen LogP contribution is 2.29. The molecule has 0 bridgehead atoms. The predicted octanol–water partition coefficient (Wildman–Crippen LogP) is 4.13. The molecule has 0 aliphatic heterocycles. The monoisotopic (exact) mass is 282 g/mol. The Balaban J connectivity index is 2.41. The summed E-state index contributed by atoms with van der Waals surface area (Å²) in [5.41, 5.74) is 8.59. The van der Waals surface area contributed by atoms with E-state index in [0.717, 1.165) is 48.0 Å². The molecule has 1 aromatic heterocycles. The molecule has 96 valence electrons. The Morgan fingerprint density at radius 3 is 2.67 bits per heavy atom. The van der Waals surface area contributed by atoms with Crippen molar-refractivity contribution >= 4 is 34.1 Å². The molecule has 0 saturated carbocycles. The lowest BCUT2D eigenvalue weighted by atomic mass is 10.1. The molecule has 4 heteroatoms. The zero-order valence-corrected chi connectivity index (χ0v) is 11.9. The van der Waals surface area contributed by atoms with E-state index in [0.29, 0.717) is 10.0 Å². The Labute approximate surface area is 117 Å². The second-order valence-electron chi connectivity index (χ2n) is 4.46. The van der Waals surface area contributed by atoms with E-state index in [1.54, 1.807) is 6.07 Å². The highest BCUT2D eigenvalue weighted by Gasteiger charge is 2.08. The van der Waals surface area contributed by atoms with E-state index in [2.05, 4.69) is 18.0 Å². The number of fused-ring (bicyclic) bond motifs is 1. The second kappa shape index (κ2) is 5.87. The van der Waals surface area contributed by atoms with Crippen molar-refractivity contribution in [2.45, 2.75) is 26.2 Å². The molecule has 0 unspecified atom stereocenters. The van der Waals surface area contributed by atoms with Gasteiger partial charge in [0.1, 0.15) is 0 Å². The molecule has 0 aliphatic rings. The third kappa shape index (κ3) is 2.94. The predicted molar refractivity (Wildman–Crippen MR) is 78.5 cm³/mol. The van der Waals surface area contributed by atoms with Gasteiger partial charge < -0.3 is 5.73 Å². The fraction of sp³-hybridized carbons (Fsp3) is 0.357. The van der Waals surface area contributed by atoms with Crippen molar-refractivity contribution in [1.29, 1.82) is 0 Å². The molecular formula is C14H16Cl2N2. The third-order valence-electron chi connectivity index (χ3n) is 2.96. The van der Waals surface area contributed by atoms with Gasteiger partial charge in [-0.15, -0.1) is 0 Å². The smallest absolute Gasteiger partial charge is 0.0737 e. The topological polar surface area (TPSA) is 38.9 Å². The van der Waals surface area contributed by atoms with Crippen LogP contribution in [0.4, 0.5) is 0 Å². The third-order valence-corrected chi connectivity index (χ3v) is 3.48. The van der Waals surface area contributed by atoms with E-state index in [1.807, 2.05) is 6.07 Å². The van der Waals surface area contributed by atoms with Gasteiger partial charge in [-0.1, -0.05) is 23.2 Å². The van der Waals surface area contributed by atoms with Gasteiger partial charge in [0.05, 0.1) is 10.5 Å². The number of pyridine rings is 1. The number of unbranched alkanes of at least 4 members (excludes halogenated alkanes) is 1. The number of benzene rings is 1. The van der Waals surface area contributed by atoms with E-state index in [-0.39, 0.29) is 0 Å². The van der Waals surface area contributed by atoms with Crippen LogP contribution in [0.15, 0.2) is 18.2 Å².